The second-order valence-electron chi connectivity index (χ2n) is 5.75. The molecule has 0 bridgehead atoms. The molecule has 0 spiro atoms. The van der Waals surface area contributed by atoms with Gasteiger partial charge in [0.25, 0.3) is 0 Å². The number of hydrogen-bond donors (Lipinski definition) is 0. The van der Waals surface area contributed by atoms with Gasteiger partial charge in [0, 0.05) is 0 Å². The van der Waals surface area contributed by atoms with E-state index in [0.29, 0.717) is 10.1 Å². The van der Waals surface area contributed by atoms with E-state index in [9.17, 15) is 22.0 Å². The number of pyridine rings is 3. The Kier molecular flexibility index (Phi) is 6.86. The Hall–Kier alpha value is -2.65. The van der Waals surface area contributed by atoms with Crippen LogP contribution in [0.3, 0.4) is 0 Å². The molecule has 5 nitrogen and oxygen atoms in total. The van der Waals surface area contributed by atoms with E-state index >= 15 is 0 Å². The maximum Gasteiger partial charge on any atom is 2.00 e. The molecular formula is C19H8F5N5PtS. The van der Waals surface area contributed by atoms with Crippen LogP contribution < -0.4 is 0 Å². The zero-order valence-corrected chi connectivity index (χ0v) is 18.1. The van der Waals surface area contributed by atoms with Crippen molar-refractivity contribution in [2.75, 3.05) is 0 Å². The average Bonchev–Trinajstić information content (AvgIpc) is 3.19. The van der Waals surface area contributed by atoms with Crippen molar-refractivity contribution in [3.05, 3.63) is 78.4 Å². The monoisotopic (exact) mass is 628 g/mol. The molecule has 0 saturated carbocycles. The Labute approximate surface area is 191 Å². The maximum absolute atomic E-state index is 13.9. The summed E-state index contributed by atoms with van der Waals surface area (Å²) in [5.74, 6) is -1.90. The average molecular weight is 628 g/mol. The van der Waals surface area contributed by atoms with Crippen molar-refractivity contribution in [1.29, 1.82) is 0 Å². The molecule has 12 heteroatoms. The van der Waals surface area contributed by atoms with Gasteiger partial charge < -0.3 is 4.68 Å². The van der Waals surface area contributed by atoms with Gasteiger partial charge in [0.1, 0.15) is 11.9 Å². The molecule has 4 rings (SSSR count). The minimum Gasteiger partial charge on any atom is -0.343 e. The van der Waals surface area contributed by atoms with Crippen LogP contribution in [0.1, 0.15) is 5.69 Å². The van der Waals surface area contributed by atoms with E-state index in [-0.39, 0.29) is 38.1 Å². The predicted octanol–water partition coefficient (Wildman–Crippen LogP) is 4.77. The predicted molar refractivity (Wildman–Crippen MR) is 95.5 cm³/mol. The van der Waals surface area contributed by atoms with Crippen LogP contribution in [0.5, 0.6) is 0 Å². The van der Waals surface area contributed by atoms with Gasteiger partial charge in [-0.1, -0.05) is 53.9 Å². The van der Waals surface area contributed by atoms with Crippen LogP contribution in [0, 0.1) is 24.2 Å². The summed E-state index contributed by atoms with van der Waals surface area (Å²) in [6.07, 6.45) is -2.21. The normalized spacial score (nSPS) is 11.3. The molecular weight excluding hydrogens is 620 g/mol. The van der Waals surface area contributed by atoms with Gasteiger partial charge in [-0.25, -0.2) is 8.78 Å². The summed E-state index contributed by atoms with van der Waals surface area (Å²) >= 11 is 1.10. The van der Waals surface area contributed by atoms with Gasteiger partial charge in [0.2, 0.25) is 0 Å². The van der Waals surface area contributed by atoms with Crippen LogP contribution in [0.25, 0.3) is 17.1 Å². The van der Waals surface area contributed by atoms with Gasteiger partial charge in [0.15, 0.2) is 0 Å². The van der Waals surface area contributed by atoms with Crippen LogP contribution >= 0.6 is 11.8 Å². The molecule has 4 aromatic heterocycles. The van der Waals surface area contributed by atoms with Crippen molar-refractivity contribution in [2.45, 2.75) is 16.2 Å². The second kappa shape index (κ2) is 9.23. The maximum atomic E-state index is 13.9. The summed E-state index contributed by atoms with van der Waals surface area (Å²) in [6, 6.07) is 13.5. The molecule has 0 atom stereocenters. The second-order valence-corrected chi connectivity index (χ2v) is 6.80. The first-order valence-electron chi connectivity index (χ1n) is 8.21. The number of halogens is 5. The molecule has 0 aromatic carbocycles. The van der Waals surface area contributed by atoms with Crippen LogP contribution in [0.2, 0.25) is 0 Å². The summed E-state index contributed by atoms with van der Waals surface area (Å²) in [6.45, 7) is 0. The third-order valence-electron chi connectivity index (χ3n) is 3.68. The molecule has 4 aromatic rings. The molecule has 0 aliphatic heterocycles. The van der Waals surface area contributed by atoms with Gasteiger partial charge in [0.05, 0.1) is 21.6 Å². The van der Waals surface area contributed by atoms with Crippen molar-refractivity contribution < 1.29 is 43.0 Å². The van der Waals surface area contributed by atoms with Gasteiger partial charge in [-0.2, -0.15) is 13.2 Å². The minimum absolute atomic E-state index is 0. The fourth-order valence-corrected chi connectivity index (χ4v) is 3.18. The van der Waals surface area contributed by atoms with Gasteiger partial charge >= 0.3 is 27.2 Å². The fraction of sp³-hybridized carbons (Fsp3) is 0.0526. The number of rotatable bonds is 4. The van der Waals surface area contributed by atoms with Crippen LogP contribution in [0.4, 0.5) is 22.0 Å². The summed E-state index contributed by atoms with van der Waals surface area (Å²) < 4.78 is 66.0. The number of nitrogens with zero attached hydrogens (tertiary/aromatic N) is 5. The van der Waals surface area contributed by atoms with Crippen LogP contribution in [-0.4, -0.2) is 24.7 Å². The quantitative estimate of drug-likeness (QED) is 0.185. The third kappa shape index (κ3) is 5.34. The Bertz CT molecular complexity index is 1210. The number of hydrogen-bond acceptors (Lipinski definition) is 5. The molecule has 160 valence electrons. The van der Waals surface area contributed by atoms with E-state index < -0.39 is 23.8 Å². The zero-order valence-electron chi connectivity index (χ0n) is 15.0. The van der Waals surface area contributed by atoms with E-state index in [1.165, 1.54) is 12.1 Å². The van der Waals surface area contributed by atoms with E-state index in [4.69, 9.17) is 0 Å². The molecule has 4 heterocycles. The summed E-state index contributed by atoms with van der Waals surface area (Å²) in [4.78, 5) is 11.6. The smallest absolute Gasteiger partial charge is 0.343 e. The van der Waals surface area contributed by atoms with E-state index in [0.717, 1.165) is 28.6 Å². The molecule has 0 amide bonds. The first kappa shape index (κ1) is 23.0. The third-order valence-corrected chi connectivity index (χ3v) is 4.56. The van der Waals surface area contributed by atoms with Crippen LogP contribution in [-0.2, 0) is 27.2 Å². The van der Waals surface area contributed by atoms with Crippen molar-refractivity contribution in [3.8, 4) is 17.1 Å². The topological polar surface area (TPSA) is 56.5 Å². The molecule has 0 aliphatic carbocycles. The Morgan fingerprint density at radius 2 is 1.61 bits per heavy atom. The first-order valence-corrected chi connectivity index (χ1v) is 9.02. The fourth-order valence-electron chi connectivity index (χ4n) is 2.39. The molecule has 0 N–H and O–H groups in total. The number of alkyl halides is 3. The summed E-state index contributed by atoms with van der Waals surface area (Å²) in [5.41, 5.74) is -0.981. The Morgan fingerprint density at radius 3 is 2.29 bits per heavy atom. The van der Waals surface area contributed by atoms with Gasteiger partial charge in [-0.05, 0) is 17.8 Å². The molecule has 0 radical (unpaired) electrons. The minimum atomic E-state index is -4.58. The Balaban J connectivity index is 0.00000272. The van der Waals surface area contributed by atoms with Crippen molar-refractivity contribution in [1.82, 2.24) is 24.7 Å². The van der Waals surface area contributed by atoms with E-state index in [2.05, 4.69) is 32.3 Å². The molecule has 31 heavy (non-hydrogen) atoms. The van der Waals surface area contributed by atoms with Gasteiger partial charge in [-0.3, -0.25) is 20.1 Å². The number of aromatic nitrogens is 5. The SMILES string of the molecule is Fc1c[c-]c(-c2cccc(Sc3cccc(-n4[c-]cc(C(F)(F)F)n4)n3)n2)c(F)n1.[Pt+2]. The largest absolute Gasteiger partial charge is 2.00 e. The molecule has 0 saturated heterocycles. The van der Waals surface area contributed by atoms with Crippen molar-refractivity contribution >= 4 is 11.8 Å². The molecule has 0 fully saturated rings. The Morgan fingerprint density at radius 1 is 0.903 bits per heavy atom. The van der Waals surface area contributed by atoms with Gasteiger partial charge in [-0.15, -0.1) is 12.1 Å². The van der Waals surface area contributed by atoms with E-state index in [1.807, 2.05) is 0 Å². The van der Waals surface area contributed by atoms with E-state index in [1.54, 1.807) is 24.3 Å². The molecule has 0 unspecified atom stereocenters. The van der Waals surface area contributed by atoms with Crippen molar-refractivity contribution in [2.24, 2.45) is 0 Å². The van der Waals surface area contributed by atoms with Crippen LogP contribution in [0.15, 0.2) is 58.6 Å². The summed E-state index contributed by atoms with van der Waals surface area (Å²) in [7, 11) is 0. The zero-order chi connectivity index (χ0) is 21.3. The summed E-state index contributed by atoms with van der Waals surface area (Å²) in [5, 5.41) is 4.27. The standard InChI is InChI=1S/C19H8F5N5S.Pt/c20-14-8-7-11(18(21)26-14)12-3-1-5-16(25-12)30-17-6-2-4-15(27-17)29-10-9-13(28-29)19(22,23)24;/h1-6,8-9H;/q-2;+2. The first-order chi connectivity index (χ1) is 14.3. The van der Waals surface area contributed by atoms with Crippen molar-refractivity contribution in [3.63, 3.8) is 0 Å². The molecule has 0 aliphatic rings.